The standard InChI is InChI=1S/C55H81N11O18S/c1-9-27(5)44(65-49(77)36(22-31-13-17-33(68)18-14-31)59-46(74)29(7)58-48(76)35(21-30-11-15-32(67)16-12-30)60-47(75)34(56)19-20-85-8)53(81)62-37(24-41(70)71)50(78)64-43(26(3)4)52(80)61-38(25-42(72)73)51(79)66-45(28(6)10-2)54(82)63-39(55(83)84)23-40(57)69/h11-18,26-29,34-39,43-45,67-68H,9-10,19-25,56H2,1-8H3,(H2,57,69)(H,58,76)(H,59,74)(H,60,75)(H,61,80)(H,62,81)(H,63,82)(H,64,78)(H,65,77)(H,66,79)(H,70,71)(H,72,73)(H,83,84)/t27-,28-,29-,34-,35-,36-,37-,38-,39-,43-,44-,45-/m0/s1. The lowest BCUT2D eigenvalue weighted by molar-refractivity contribution is -0.144. The number of thioether (sulfide) groups is 1. The zero-order chi connectivity index (χ0) is 64.4. The van der Waals surface area contributed by atoms with E-state index in [-0.39, 0.29) is 37.2 Å². The molecular formula is C55H81N11O18S. The van der Waals surface area contributed by atoms with E-state index >= 15 is 0 Å². The highest BCUT2D eigenvalue weighted by atomic mass is 32.2. The third kappa shape index (κ3) is 25.1. The van der Waals surface area contributed by atoms with E-state index in [9.17, 15) is 87.9 Å². The molecule has 0 aliphatic heterocycles. The van der Waals surface area contributed by atoms with Crippen LogP contribution in [-0.2, 0) is 75.2 Å². The summed E-state index contributed by atoms with van der Waals surface area (Å²) < 4.78 is 0. The van der Waals surface area contributed by atoms with Gasteiger partial charge in [-0.15, -0.1) is 0 Å². The predicted molar refractivity (Wildman–Crippen MR) is 307 cm³/mol. The quantitative estimate of drug-likeness (QED) is 0.0348. The third-order valence-corrected chi connectivity index (χ3v) is 14.3. The molecule has 0 saturated heterocycles. The number of carbonyl (C=O) groups is 13. The SMILES string of the molecule is CC[C@H](C)[C@H](NC(=O)[C@H](CC(=O)O)NC(=O)[C@@H](NC(=O)[C@H](CC(=O)O)NC(=O)[C@@H](NC(=O)[C@H](Cc1ccc(O)cc1)NC(=O)[C@H](C)NC(=O)[C@H](Cc1ccc(O)cc1)NC(=O)[C@@H](N)CCSC)[C@@H](C)CC)C(C)C)C(=O)N[C@@H](CC(N)=O)C(=O)O. The number of aliphatic carboxylic acids is 3. The summed E-state index contributed by atoms with van der Waals surface area (Å²) in [6.07, 6.45) is -0.814. The Morgan fingerprint density at radius 1 is 0.459 bits per heavy atom. The number of benzene rings is 2. The Hall–Kier alpha value is -8.54. The Morgan fingerprint density at radius 2 is 0.812 bits per heavy atom. The van der Waals surface area contributed by atoms with Crippen LogP contribution in [0.15, 0.2) is 48.5 Å². The molecule has 85 heavy (non-hydrogen) atoms. The zero-order valence-corrected chi connectivity index (χ0v) is 49.4. The van der Waals surface area contributed by atoms with Gasteiger partial charge in [-0.1, -0.05) is 78.6 Å². The molecule has 29 nitrogen and oxygen atoms in total. The second-order valence-corrected chi connectivity index (χ2v) is 21.8. The molecule has 0 aliphatic rings. The molecule has 0 heterocycles. The first-order valence-electron chi connectivity index (χ1n) is 27.3. The number of hydrogen-bond donors (Lipinski definition) is 16. The molecule has 470 valence electrons. The molecule has 0 unspecified atom stereocenters. The van der Waals surface area contributed by atoms with Crippen LogP contribution in [-0.4, -0.2) is 175 Å². The number of phenolic OH excluding ortho intramolecular Hbond substituents is 2. The zero-order valence-electron chi connectivity index (χ0n) is 48.6. The summed E-state index contributed by atoms with van der Waals surface area (Å²) in [7, 11) is 0. The average Bonchev–Trinajstić information content (AvgIpc) is 3.60. The van der Waals surface area contributed by atoms with Gasteiger partial charge in [-0.2, -0.15) is 11.8 Å². The van der Waals surface area contributed by atoms with Crippen molar-refractivity contribution < 1.29 is 87.9 Å². The van der Waals surface area contributed by atoms with Gasteiger partial charge in [0.25, 0.3) is 0 Å². The molecule has 2 aromatic carbocycles. The number of amides is 10. The summed E-state index contributed by atoms with van der Waals surface area (Å²) in [5, 5.41) is 70.6. The second kappa shape index (κ2) is 35.6. The predicted octanol–water partition coefficient (Wildman–Crippen LogP) is -2.00. The fourth-order valence-corrected chi connectivity index (χ4v) is 8.63. The van der Waals surface area contributed by atoms with E-state index in [2.05, 4.69) is 47.9 Å². The van der Waals surface area contributed by atoms with Crippen LogP contribution in [0, 0.1) is 17.8 Å². The minimum absolute atomic E-state index is 0.0492. The molecule has 0 aromatic heterocycles. The molecule has 18 N–H and O–H groups in total. The molecule has 0 aliphatic carbocycles. The number of hydrogen-bond acceptors (Lipinski definition) is 17. The van der Waals surface area contributed by atoms with Gasteiger partial charge in [0, 0.05) is 12.8 Å². The number of nitrogens with one attached hydrogen (secondary N) is 9. The molecule has 2 aromatic rings. The van der Waals surface area contributed by atoms with Crippen LogP contribution < -0.4 is 59.3 Å². The number of aromatic hydroxyl groups is 2. The van der Waals surface area contributed by atoms with Crippen molar-refractivity contribution >= 4 is 88.7 Å². The van der Waals surface area contributed by atoms with Gasteiger partial charge >= 0.3 is 17.9 Å². The van der Waals surface area contributed by atoms with Crippen molar-refractivity contribution in [3.05, 3.63) is 59.7 Å². The summed E-state index contributed by atoms with van der Waals surface area (Å²) in [6, 6.07) is -4.25. The van der Waals surface area contributed by atoms with Gasteiger partial charge in [-0.3, -0.25) is 57.5 Å². The van der Waals surface area contributed by atoms with Crippen molar-refractivity contribution in [2.75, 3.05) is 12.0 Å². The molecule has 0 radical (unpaired) electrons. The first-order valence-corrected chi connectivity index (χ1v) is 28.7. The maximum atomic E-state index is 14.4. The first-order chi connectivity index (χ1) is 39.8. The van der Waals surface area contributed by atoms with Crippen molar-refractivity contribution in [3.63, 3.8) is 0 Å². The summed E-state index contributed by atoms with van der Waals surface area (Å²) in [5.74, 6) is -17.1. The van der Waals surface area contributed by atoms with E-state index in [1.165, 1.54) is 88.0 Å². The molecular weight excluding hydrogens is 1130 g/mol. The van der Waals surface area contributed by atoms with Crippen LogP contribution in [0.25, 0.3) is 0 Å². The summed E-state index contributed by atoms with van der Waals surface area (Å²) in [6.45, 7) is 10.5. The van der Waals surface area contributed by atoms with E-state index in [4.69, 9.17) is 11.5 Å². The Kier molecular flexibility index (Phi) is 30.4. The number of carboxylic acids is 3. The first kappa shape index (κ1) is 72.6. The highest BCUT2D eigenvalue weighted by molar-refractivity contribution is 7.98. The molecule has 30 heteroatoms. The van der Waals surface area contributed by atoms with Crippen molar-refractivity contribution in [2.24, 2.45) is 29.2 Å². The van der Waals surface area contributed by atoms with Gasteiger partial charge in [0.1, 0.15) is 65.9 Å². The molecule has 12 atom stereocenters. The van der Waals surface area contributed by atoms with Crippen LogP contribution in [0.1, 0.15) is 98.1 Å². The normalized spacial score (nSPS) is 15.3. The van der Waals surface area contributed by atoms with Gasteiger partial charge in [-0.25, -0.2) is 4.79 Å². The maximum Gasteiger partial charge on any atom is 0.326 e. The lowest BCUT2D eigenvalue weighted by Crippen LogP contribution is -2.62. The highest BCUT2D eigenvalue weighted by Gasteiger charge is 2.39. The van der Waals surface area contributed by atoms with Gasteiger partial charge in [-0.05, 0) is 78.5 Å². The number of phenols is 2. The fourth-order valence-electron chi connectivity index (χ4n) is 8.14. The lowest BCUT2D eigenvalue weighted by Gasteiger charge is -2.30. The summed E-state index contributed by atoms with van der Waals surface area (Å²) >= 11 is 1.46. The Balaban J connectivity index is 2.45. The Labute approximate surface area is 495 Å². The van der Waals surface area contributed by atoms with Gasteiger partial charge < -0.3 is 84.9 Å². The van der Waals surface area contributed by atoms with Crippen molar-refractivity contribution in [1.29, 1.82) is 0 Å². The van der Waals surface area contributed by atoms with E-state index in [0.29, 0.717) is 23.3 Å². The average molecular weight is 1220 g/mol. The summed E-state index contributed by atoms with van der Waals surface area (Å²) in [4.78, 5) is 172. The number of carbonyl (C=O) groups excluding carboxylic acids is 10. The van der Waals surface area contributed by atoms with E-state index < -0.39 is 174 Å². The largest absolute Gasteiger partial charge is 0.508 e. The van der Waals surface area contributed by atoms with Crippen LogP contribution in [0.3, 0.4) is 0 Å². The third-order valence-electron chi connectivity index (χ3n) is 13.6. The molecule has 0 fully saturated rings. The van der Waals surface area contributed by atoms with E-state index in [0.717, 1.165) is 0 Å². The van der Waals surface area contributed by atoms with Crippen molar-refractivity contribution in [2.45, 2.75) is 160 Å². The van der Waals surface area contributed by atoms with Crippen LogP contribution in [0.2, 0.25) is 0 Å². The fraction of sp³-hybridized carbons (Fsp3) is 0.545. The molecule has 0 saturated carbocycles. The minimum atomic E-state index is -1.97. The number of nitrogens with two attached hydrogens (primary N) is 2. The van der Waals surface area contributed by atoms with Crippen molar-refractivity contribution in [3.8, 4) is 11.5 Å². The smallest absolute Gasteiger partial charge is 0.326 e. The van der Waals surface area contributed by atoms with Gasteiger partial charge in [0.15, 0.2) is 0 Å². The molecule has 0 bridgehead atoms. The van der Waals surface area contributed by atoms with Gasteiger partial charge in [0.2, 0.25) is 59.1 Å². The van der Waals surface area contributed by atoms with E-state index in [1.54, 1.807) is 20.8 Å². The molecule has 10 amide bonds. The van der Waals surface area contributed by atoms with E-state index in [1.807, 2.05) is 6.26 Å². The molecule has 2 rings (SSSR count). The molecule has 0 spiro atoms. The second-order valence-electron chi connectivity index (χ2n) is 20.8. The number of primary amides is 1. The topological polar surface area (TPSA) is 483 Å². The van der Waals surface area contributed by atoms with Crippen LogP contribution >= 0.6 is 11.8 Å². The van der Waals surface area contributed by atoms with Crippen LogP contribution in [0.4, 0.5) is 0 Å². The van der Waals surface area contributed by atoms with Crippen molar-refractivity contribution in [1.82, 2.24) is 47.9 Å². The highest BCUT2D eigenvalue weighted by Crippen LogP contribution is 2.17. The maximum absolute atomic E-state index is 14.4. The monoisotopic (exact) mass is 1220 g/mol. The summed E-state index contributed by atoms with van der Waals surface area (Å²) in [5.41, 5.74) is 12.1. The lowest BCUT2D eigenvalue weighted by atomic mass is 9.96. The van der Waals surface area contributed by atoms with Gasteiger partial charge in [0.05, 0.1) is 25.3 Å². The number of rotatable bonds is 37. The Bertz CT molecular complexity index is 2680. The minimum Gasteiger partial charge on any atom is -0.508 e. The number of carboxylic acid groups (broad SMARTS) is 3. The van der Waals surface area contributed by atoms with Crippen LogP contribution in [0.5, 0.6) is 11.5 Å². The Morgan fingerprint density at radius 3 is 1.18 bits per heavy atom.